The molecule has 1 aromatic rings. The highest BCUT2D eigenvalue weighted by molar-refractivity contribution is 7.80. The molecule has 2 rings (SSSR count). The van der Waals surface area contributed by atoms with Crippen LogP contribution in [0, 0.1) is 0 Å². The molecule has 0 spiro atoms. The summed E-state index contributed by atoms with van der Waals surface area (Å²) < 4.78 is 5.67. The van der Waals surface area contributed by atoms with Gasteiger partial charge in [0, 0.05) is 24.9 Å². The summed E-state index contributed by atoms with van der Waals surface area (Å²) in [7, 11) is 0. The second kappa shape index (κ2) is 6.66. The molecule has 0 radical (unpaired) electrons. The van der Waals surface area contributed by atoms with E-state index in [1.165, 1.54) is 19.3 Å². The Hall–Kier alpha value is -1.20. The molecule has 1 fully saturated rings. The van der Waals surface area contributed by atoms with Crippen LogP contribution in [-0.4, -0.2) is 29.2 Å². The lowest BCUT2D eigenvalue weighted by Crippen LogP contribution is -2.22. The Morgan fingerprint density at radius 2 is 2.39 bits per heavy atom. The zero-order chi connectivity index (χ0) is 12.8. The minimum atomic E-state index is 0.379. The Balaban J connectivity index is 1.74. The minimum Gasteiger partial charge on any atom is -0.389 e. The van der Waals surface area contributed by atoms with Gasteiger partial charge in [-0.15, -0.1) is 0 Å². The molecular weight excluding hydrogens is 246 g/mol. The van der Waals surface area contributed by atoms with Crippen LogP contribution >= 0.6 is 12.2 Å². The van der Waals surface area contributed by atoms with E-state index >= 15 is 0 Å². The molecular formula is C13H19N3OS. The predicted octanol–water partition coefficient (Wildman–Crippen LogP) is 2.09. The van der Waals surface area contributed by atoms with Crippen LogP contribution in [0.4, 0.5) is 5.82 Å². The fourth-order valence-corrected chi connectivity index (χ4v) is 2.16. The van der Waals surface area contributed by atoms with Crippen molar-refractivity contribution in [3.05, 3.63) is 23.9 Å². The van der Waals surface area contributed by atoms with Gasteiger partial charge in [-0.25, -0.2) is 4.98 Å². The van der Waals surface area contributed by atoms with E-state index in [1.807, 2.05) is 12.1 Å². The van der Waals surface area contributed by atoms with Crippen LogP contribution in [0.5, 0.6) is 0 Å². The van der Waals surface area contributed by atoms with E-state index in [0.29, 0.717) is 11.1 Å². The zero-order valence-corrected chi connectivity index (χ0v) is 11.2. The van der Waals surface area contributed by atoms with Crippen molar-refractivity contribution in [3.8, 4) is 0 Å². The van der Waals surface area contributed by atoms with Gasteiger partial charge in [-0.1, -0.05) is 12.2 Å². The van der Waals surface area contributed by atoms with Crippen LogP contribution in [0.3, 0.4) is 0 Å². The van der Waals surface area contributed by atoms with E-state index in [1.54, 1.807) is 6.20 Å². The molecule has 1 aliphatic rings. The van der Waals surface area contributed by atoms with Gasteiger partial charge < -0.3 is 15.8 Å². The maximum Gasteiger partial charge on any atom is 0.125 e. The van der Waals surface area contributed by atoms with Crippen molar-refractivity contribution in [2.45, 2.75) is 31.8 Å². The van der Waals surface area contributed by atoms with Gasteiger partial charge in [0.25, 0.3) is 0 Å². The van der Waals surface area contributed by atoms with Gasteiger partial charge in [-0.3, -0.25) is 0 Å². The molecule has 0 aliphatic carbocycles. The van der Waals surface area contributed by atoms with E-state index in [4.69, 9.17) is 22.7 Å². The Kier molecular flexibility index (Phi) is 4.90. The van der Waals surface area contributed by atoms with Crippen LogP contribution in [0.1, 0.15) is 31.2 Å². The Morgan fingerprint density at radius 1 is 1.50 bits per heavy atom. The van der Waals surface area contributed by atoms with Gasteiger partial charge in [0.15, 0.2) is 0 Å². The van der Waals surface area contributed by atoms with Crippen molar-refractivity contribution >= 4 is 23.0 Å². The summed E-state index contributed by atoms with van der Waals surface area (Å²) in [6, 6.07) is 3.78. The first kappa shape index (κ1) is 13.2. The van der Waals surface area contributed by atoms with Gasteiger partial charge in [0.2, 0.25) is 0 Å². The maximum atomic E-state index is 5.67. The lowest BCUT2D eigenvalue weighted by molar-refractivity contribution is 0.0134. The monoisotopic (exact) mass is 265 g/mol. The van der Waals surface area contributed by atoms with E-state index in [2.05, 4.69) is 10.3 Å². The van der Waals surface area contributed by atoms with Crippen LogP contribution in [0.15, 0.2) is 18.3 Å². The number of nitrogens with zero attached hydrogens (tertiary/aromatic N) is 1. The minimum absolute atomic E-state index is 0.379. The van der Waals surface area contributed by atoms with Gasteiger partial charge in [0.1, 0.15) is 10.8 Å². The highest BCUT2D eigenvalue weighted by Crippen LogP contribution is 2.15. The first-order valence-electron chi connectivity index (χ1n) is 6.37. The summed E-state index contributed by atoms with van der Waals surface area (Å²) in [6.45, 7) is 1.79. The van der Waals surface area contributed by atoms with Crippen LogP contribution in [-0.2, 0) is 4.74 Å². The van der Waals surface area contributed by atoms with E-state index in [0.717, 1.165) is 31.0 Å². The number of ether oxygens (including phenoxy) is 1. The first-order chi connectivity index (χ1) is 8.75. The van der Waals surface area contributed by atoms with Crippen molar-refractivity contribution in [3.63, 3.8) is 0 Å². The molecule has 0 amide bonds. The molecule has 1 unspecified atom stereocenters. The second-order valence-electron chi connectivity index (χ2n) is 4.50. The molecule has 5 heteroatoms. The number of aromatic nitrogens is 1. The van der Waals surface area contributed by atoms with Crippen LogP contribution in [0.25, 0.3) is 0 Å². The first-order valence-corrected chi connectivity index (χ1v) is 6.78. The predicted molar refractivity (Wildman–Crippen MR) is 76.8 cm³/mol. The Labute approximate surface area is 113 Å². The lowest BCUT2D eigenvalue weighted by atomic mass is 10.1. The third kappa shape index (κ3) is 3.92. The fraction of sp³-hybridized carbons (Fsp3) is 0.538. The molecule has 1 aliphatic heterocycles. The average Bonchev–Trinajstić information content (AvgIpc) is 2.40. The summed E-state index contributed by atoms with van der Waals surface area (Å²) in [5, 5.41) is 3.28. The van der Waals surface area contributed by atoms with E-state index in [-0.39, 0.29) is 0 Å². The summed E-state index contributed by atoms with van der Waals surface area (Å²) in [5.41, 5.74) is 6.31. The average molecular weight is 265 g/mol. The lowest BCUT2D eigenvalue weighted by Gasteiger charge is -2.22. The number of rotatable bonds is 5. The van der Waals surface area contributed by atoms with Crippen LogP contribution < -0.4 is 11.1 Å². The van der Waals surface area contributed by atoms with Crippen molar-refractivity contribution < 1.29 is 4.74 Å². The number of nitrogens with one attached hydrogen (secondary N) is 1. The van der Waals surface area contributed by atoms with Gasteiger partial charge in [0.05, 0.1) is 6.10 Å². The molecule has 1 aromatic heterocycles. The summed E-state index contributed by atoms with van der Waals surface area (Å²) in [6.07, 6.45) is 6.79. The number of hydrogen-bond donors (Lipinski definition) is 2. The molecule has 4 nitrogen and oxygen atoms in total. The second-order valence-corrected chi connectivity index (χ2v) is 4.94. The van der Waals surface area contributed by atoms with Crippen molar-refractivity contribution in [1.29, 1.82) is 0 Å². The van der Waals surface area contributed by atoms with E-state index < -0.39 is 0 Å². The van der Waals surface area contributed by atoms with Gasteiger partial charge in [-0.2, -0.15) is 0 Å². The Morgan fingerprint density at radius 3 is 3.00 bits per heavy atom. The smallest absolute Gasteiger partial charge is 0.125 e. The quantitative estimate of drug-likeness (QED) is 0.798. The van der Waals surface area contributed by atoms with Crippen molar-refractivity contribution in [2.75, 3.05) is 18.5 Å². The number of hydrogen-bond acceptors (Lipinski definition) is 4. The molecule has 0 bridgehead atoms. The van der Waals surface area contributed by atoms with Crippen LogP contribution in [0.2, 0.25) is 0 Å². The molecule has 2 heterocycles. The SMILES string of the molecule is NC(=S)c1ccc(NCCC2CCCCO2)nc1. The normalized spacial score (nSPS) is 19.4. The molecule has 1 saturated heterocycles. The van der Waals surface area contributed by atoms with E-state index in [9.17, 15) is 0 Å². The molecule has 1 atom stereocenters. The molecule has 18 heavy (non-hydrogen) atoms. The van der Waals surface area contributed by atoms with Gasteiger partial charge >= 0.3 is 0 Å². The number of pyridine rings is 1. The van der Waals surface area contributed by atoms with Crippen molar-refractivity contribution in [2.24, 2.45) is 5.73 Å². The maximum absolute atomic E-state index is 5.67. The molecule has 3 N–H and O–H groups in total. The molecule has 0 aromatic carbocycles. The number of nitrogens with two attached hydrogens (primary N) is 1. The third-order valence-electron chi connectivity index (χ3n) is 3.09. The highest BCUT2D eigenvalue weighted by atomic mass is 32.1. The number of anilines is 1. The van der Waals surface area contributed by atoms with Gasteiger partial charge in [-0.05, 0) is 37.8 Å². The number of thiocarbonyl (C=S) groups is 1. The summed E-state index contributed by atoms with van der Waals surface area (Å²) in [5.74, 6) is 0.853. The standard InChI is InChI=1S/C13H19N3OS/c14-13(18)10-4-5-12(16-9-10)15-7-6-11-3-1-2-8-17-11/h4-5,9,11H,1-3,6-8H2,(H2,14,18)(H,15,16). The zero-order valence-electron chi connectivity index (χ0n) is 10.4. The molecule has 0 saturated carbocycles. The molecule has 98 valence electrons. The highest BCUT2D eigenvalue weighted by Gasteiger charge is 2.12. The summed E-state index contributed by atoms with van der Waals surface area (Å²) in [4.78, 5) is 4.64. The fourth-order valence-electron chi connectivity index (χ4n) is 2.04. The topological polar surface area (TPSA) is 60.2 Å². The third-order valence-corrected chi connectivity index (χ3v) is 3.33. The largest absolute Gasteiger partial charge is 0.389 e. The Bertz CT molecular complexity index is 388. The summed E-state index contributed by atoms with van der Waals surface area (Å²) >= 11 is 4.88. The van der Waals surface area contributed by atoms with Crippen molar-refractivity contribution in [1.82, 2.24) is 4.98 Å².